The Morgan fingerprint density at radius 1 is 1.06 bits per heavy atom. The lowest BCUT2D eigenvalue weighted by molar-refractivity contribution is -0.119. The SMILES string of the molecule is O=C(COC(=O)c1cn(Cc2ccccc2)nc1-c1cccs1)Nc1ccc2c(c1)OCO2. The average Bonchev–Trinajstić information content (AvgIpc) is 3.58. The first-order chi connectivity index (χ1) is 16.2. The van der Waals surface area contributed by atoms with E-state index in [1.807, 2.05) is 47.8 Å². The molecule has 4 aromatic rings. The van der Waals surface area contributed by atoms with Crippen molar-refractivity contribution in [1.29, 1.82) is 0 Å². The molecule has 33 heavy (non-hydrogen) atoms. The summed E-state index contributed by atoms with van der Waals surface area (Å²) in [7, 11) is 0. The van der Waals surface area contributed by atoms with Crippen molar-refractivity contribution in [3.8, 4) is 22.1 Å². The summed E-state index contributed by atoms with van der Waals surface area (Å²) in [5.74, 6) is 0.0966. The van der Waals surface area contributed by atoms with E-state index in [0.29, 0.717) is 35.0 Å². The third-order valence-corrected chi connectivity index (χ3v) is 5.79. The quantitative estimate of drug-likeness (QED) is 0.415. The fraction of sp³-hybridized carbons (Fsp3) is 0.125. The number of nitrogens with zero attached hydrogens (tertiary/aromatic N) is 2. The molecule has 5 rings (SSSR count). The normalized spacial score (nSPS) is 11.9. The fourth-order valence-electron chi connectivity index (χ4n) is 3.40. The zero-order valence-electron chi connectivity index (χ0n) is 17.4. The van der Waals surface area contributed by atoms with E-state index >= 15 is 0 Å². The molecule has 0 saturated heterocycles. The van der Waals surface area contributed by atoms with Crippen LogP contribution in [0.1, 0.15) is 15.9 Å². The number of benzene rings is 2. The number of hydrogen-bond acceptors (Lipinski definition) is 7. The molecule has 0 radical (unpaired) electrons. The number of anilines is 1. The number of esters is 1. The van der Waals surface area contributed by atoms with Gasteiger partial charge in [0.1, 0.15) is 11.3 Å². The van der Waals surface area contributed by atoms with Crippen LogP contribution in [0, 0.1) is 0 Å². The van der Waals surface area contributed by atoms with E-state index in [1.165, 1.54) is 11.3 Å². The Morgan fingerprint density at radius 3 is 2.73 bits per heavy atom. The lowest BCUT2D eigenvalue weighted by Crippen LogP contribution is -2.21. The molecule has 9 heteroatoms. The number of carbonyl (C=O) groups is 2. The Morgan fingerprint density at radius 2 is 1.91 bits per heavy atom. The molecule has 1 amide bonds. The lowest BCUT2D eigenvalue weighted by Gasteiger charge is -2.07. The van der Waals surface area contributed by atoms with Crippen molar-refractivity contribution >= 4 is 28.9 Å². The zero-order valence-corrected chi connectivity index (χ0v) is 18.2. The molecular weight excluding hydrogens is 442 g/mol. The zero-order chi connectivity index (χ0) is 22.6. The molecule has 1 aliphatic heterocycles. The summed E-state index contributed by atoms with van der Waals surface area (Å²) < 4.78 is 17.6. The van der Waals surface area contributed by atoms with Crippen molar-refractivity contribution in [3.05, 3.63) is 83.4 Å². The summed E-state index contributed by atoms with van der Waals surface area (Å²) in [6.45, 7) is 0.229. The maximum absolute atomic E-state index is 12.8. The molecule has 8 nitrogen and oxygen atoms in total. The van der Waals surface area contributed by atoms with Gasteiger partial charge >= 0.3 is 5.97 Å². The van der Waals surface area contributed by atoms with Crippen LogP contribution in [0.3, 0.4) is 0 Å². The first-order valence-electron chi connectivity index (χ1n) is 10.2. The number of carbonyl (C=O) groups excluding carboxylic acids is 2. The molecule has 2 aromatic carbocycles. The van der Waals surface area contributed by atoms with Gasteiger partial charge in [0.05, 0.1) is 11.4 Å². The van der Waals surface area contributed by atoms with Gasteiger partial charge in [-0.2, -0.15) is 5.10 Å². The Bertz CT molecular complexity index is 1280. The van der Waals surface area contributed by atoms with Crippen molar-refractivity contribution in [2.75, 3.05) is 18.7 Å². The van der Waals surface area contributed by atoms with Crippen molar-refractivity contribution < 1.29 is 23.8 Å². The third-order valence-electron chi connectivity index (χ3n) is 4.91. The molecular formula is C24H19N3O5S. The van der Waals surface area contributed by atoms with Crippen LogP contribution in [0.15, 0.2) is 72.2 Å². The second kappa shape index (κ2) is 9.17. The maximum Gasteiger partial charge on any atom is 0.342 e. The number of thiophene rings is 1. The number of aromatic nitrogens is 2. The second-order valence-corrected chi connectivity index (χ2v) is 8.19. The molecule has 3 heterocycles. The first-order valence-corrected chi connectivity index (χ1v) is 11.1. The molecule has 2 aromatic heterocycles. The first kappa shape index (κ1) is 20.8. The minimum absolute atomic E-state index is 0.148. The van der Waals surface area contributed by atoms with E-state index in [1.54, 1.807) is 29.1 Å². The second-order valence-electron chi connectivity index (χ2n) is 7.24. The third kappa shape index (κ3) is 4.73. The van der Waals surface area contributed by atoms with Crippen LogP contribution in [0.4, 0.5) is 5.69 Å². The van der Waals surface area contributed by atoms with Crippen LogP contribution in [-0.4, -0.2) is 35.1 Å². The van der Waals surface area contributed by atoms with Crippen molar-refractivity contribution in [3.63, 3.8) is 0 Å². The average molecular weight is 461 g/mol. The van der Waals surface area contributed by atoms with Gasteiger partial charge in [-0.05, 0) is 29.1 Å². The van der Waals surface area contributed by atoms with E-state index in [2.05, 4.69) is 10.4 Å². The van der Waals surface area contributed by atoms with Crippen molar-refractivity contribution in [2.24, 2.45) is 0 Å². The largest absolute Gasteiger partial charge is 0.454 e. The smallest absolute Gasteiger partial charge is 0.342 e. The Hall–Kier alpha value is -4.11. The summed E-state index contributed by atoms with van der Waals surface area (Å²) in [5, 5.41) is 9.20. The minimum Gasteiger partial charge on any atom is -0.454 e. The van der Waals surface area contributed by atoms with Crippen molar-refractivity contribution in [2.45, 2.75) is 6.54 Å². The Balaban J connectivity index is 1.27. The predicted molar refractivity (Wildman–Crippen MR) is 123 cm³/mol. The van der Waals surface area contributed by atoms with E-state index < -0.39 is 18.5 Å². The van der Waals surface area contributed by atoms with Crippen LogP contribution >= 0.6 is 11.3 Å². The summed E-state index contributed by atoms with van der Waals surface area (Å²) in [4.78, 5) is 26.0. The van der Waals surface area contributed by atoms with Gasteiger partial charge < -0.3 is 19.5 Å². The van der Waals surface area contributed by atoms with Gasteiger partial charge in [-0.1, -0.05) is 36.4 Å². The van der Waals surface area contributed by atoms with Gasteiger partial charge in [-0.15, -0.1) is 11.3 Å². The van der Waals surface area contributed by atoms with Crippen LogP contribution in [0.25, 0.3) is 10.6 Å². The molecule has 0 aliphatic carbocycles. The molecule has 0 atom stereocenters. The number of nitrogens with one attached hydrogen (secondary N) is 1. The lowest BCUT2D eigenvalue weighted by atomic mass is 10.2. The maximum atomic E-state index is 12.8. The van der Waals surface area contributed by atoms with Crippen LogP contribution in [0.2, 0.25) is 0 Å². The molecule has 166 valence electrons. The number of ether oxygens (including phenoxy) is 3. The number of fused-ring (bicyclic) bond motifs is 1. The molecule has 1 N–H and O–H groups in total. The predicted octanol–water partition coefficient (Wildman–Crippen LogP) is 4.18. The van der Waals surface area contributed by atoms with Crippen LogP contribution in [0.5, 0.6) is 11.5 Å². The van der Waals surface area contributed by atoms with Gasteiger partial charge in [0.25, 0.3) is 5.91 Å². The van der Waals surface area contributed by atoms with E-state index in [9.17, 15) is 9.59 Å². The monoisotopic (exact) mass is 461 g/mol. The highest BCUT2D eigenvalue weighted by Gasteiger charge is 2.21. The molecule has 0 fully saturated rings. The Kier molecular flexibility index (Phi) is 5.77. The molecule has 1 aliphatic rings. The number of amides is 1. The minimum atomic E-state index is -0.612. The topological polar surface area (TPSA) is 91.7 Å². The van der Waals surface area contributed by atoms with E-state index in [0.717, 1.165) is 10.4 Å². The fourth-order valence-corrected chi connectivity index (χ4v) is 4.12. The molecule has 0 unspecified atom stereocenters. The number of rotatable bonds is 7. The Labute approximate surface area is 193 Å². The van der Waals surface area contributed by atoms with Gasteiger partial charge in [0.2, 0.25) is 6.79 Å². The van der Waals surface area contributed by atoms with Crippen LogP contribution in [-0.2, 0) is 16.1 Å². The van der Waals surface area contributed by atoms with Crippen molar-refractivity contribution in [1.82, 2.24) is 9.78 Å². The molecule has 0 spiro atoms. The van der Waals surface area contributed by atoms with E-state index in [-0.39, 0.29) is 6.79 Å². The molecule has 0 bridgehead atoms. The van der Waals surface area contributed by atoms with Gasteiger partial charge in [0, 0.05) is 18.0 Å². The molecule has 0 saturated carbocycles. The summed E-state index contributed by atoms with van der Waals surface area (Å²) in [6.07, 6.45) is 1.65. The number of hydrogen-bond donors (Lipinski definition) is 1. The van der Waals surface area contributed by atoms with Gasteiger partial charge in [-0.3, -0.25) is 9.48 Å². The highest BCUT2D eigenvalue weighted by atomic mass is 32.1. The standard InChI is InChI=1S/C24H19N3O5S/c28-22(25-17-8-9-19-20(11-17)32-15-31-19)14-30-24(29)18-13-27(12-16-5-2-1-3-6-16)26-23(18)21-7-4-10-33-21/h1-11,13H,12,14-15H2,(H,25,28). The summed E-state index contributed by atoms with van der Waals surface area (Å²) in [5.41, 5.74) is 2.42. The highest BCUT2D eigenvalue weighted by molar-refractivity contribution is 7.13. The van der Waals surface area contributed by atoms with Gasteiger partial charge in [-0.25, -0.2) is 4.79 Å². The summed E-state index contributed by atoms with van der Waals surface area (Å²) >= 11 is 1.48. The highest BCUT2D eigenvalue weighted by Crippen LogP contribution is 2.34. The van der Waals surface area contributed by atoms with Gasteiger partial charge in [0.15, 0.2) is 18.1 Å². The van der Waals surface area contributed by atoms with E-state index in [4.69, 9.17) is 14.2 Å². The summed E-state index contributed by atoms with van der Waals surface area (Å²) in [6, 6.07) is 18.7. The van der Waals surface area contributed by atoms with Crippen LogP contribution < -0.4 is 14.8 Å².